The van der Waals surface area contributed by atoms with Crippen molar-refractivity contribution < 1.29 is 4.39 Å². The molecule has 1 aromatic carbocycles. The molecule has 0 amide bonds. The summed E-state index contributed by atoms with van der Waals surface area (Å²) in [6.07, 6.45) is 3.22. The number of rotatable bonds is 4. The van der Waals surface area contributed by atoms with Crippen LogP contribution in [0.3, 0.4) is 0 Å². The lowest BCUT2D eigenvalue weighted by Gasteiger charge is -2.18. The number of aryl methyl sites for hydroxylation is 2. The predicted molar refractivity (Wildman–Crippen MR) is 70.5 cm³/mol. The van der Waals surface area contributed by atoms with Gasteiger partial charge in [-0.25, -0.2) is 4.39 Å². The van der Waals surface area contributed by atoms with Crippen LogP contribution in [-0.2, 0) is 0 Å². The number of hydrogen-bond donors (Lipinski definition) is 0. The average Bonchev–Trinajstić information content (AvgIpc) is 2.14. The molecule has 16 heavy (non-hydrogen) atoms. The first-order chi connectivity index (χ1) is 7.10. The molecule has 0 fully saturated rings. The van der Waals surface area contributed by atoms with Crippen LogP contribution >= 0.6 is 0 Å². The van der Waals surface area contributed by atoms with Gasteiger partial charge in [-0.1, -0.05) is 33.8 Å². The van der Waals surface area contributed by atoms with E-state index in [1.807, 2.05) is 13.8 Å². The SMILES string of the molecule is C.CCC[C@@H](CC)c1c(C)cc(C)cc1F. The second-order valence-electron chi connectivity index (χ2n) is 4.37. The number of halogens is 1. The van der Waals surface area contributed by atoms with Gasteiger partial charge in [-0.3, -0.25) is 0 Å². The average molecular weight is 224 g/mol. The highest BCUT2D eigenvalue weighted by Gasteiger charge is 2.15. The third-order valence-electron chi connectivity index (χ3n) is 3.02. The molecule has 0 radical (unpaired) electrons. The summed E-state index contributed by atoms with van der Waals surface area (Å²) in [6, 6.07) is 3.73. The monoisotopic (exact) mass is 224 g/mol. The number of hydrogen-bond acceptors (Lipinski definition) is 0. The maximum absolute atomic E-state index is 13.9. The standard InChI is InChI=1S/C14H21F.CH4/c1-5-7-12(6-2)14-11(4)8-10(3)9-13(14)15;/h8-9,12H,5-7H2,1-4H3;1H4/t12-;/m1./s1. The fourth-order valence-electron chi connectivity index (χ4n) is 2.34. The molecule has 0 heterocycles. The first-order valence-corrected chi connectivity index (χ1v) is 5.86. The van der Waals surface area contributed by atoms with Crippen molar-refractivity contribution in [1.82, 2.24) is 0 Å². The largest absolute Gasteiger partial charge is 0.207 e. The van der Waals surface area contributed by atoms with Crippen molar-refractivity contribution in [2.75, 3.05) is 0 Å². The molecule has 92 valence electrons. The highest BCUT2D eigenvalue weighted by Crippen LogP contribution is 2.30. The van der Waals surface area contributed by atoms with Crippen LogP contribution in [0, 0.1) is 19.7 Å². The zero-order valence-corrected chi connectivity index (χ0v) is 10.2. The second kappa shape index (κ2) is 6.67. The molecule has 0 saturated heterocycles. The van der Waals surface area contributed by atoms with E-state index >= 15 is 0 Å². The topological polar surface area (TPSA) is 0 Å². The minimum absolute atomic E-state index is 0. The Morgan fingerprint density at radius 1 is 1.19 bits per heavy atom. The molecule has 0 spiro atoms. The minimum atomic E-state index is -0.0206. The minimum Gasteiger partial charge on any atom is -0.207 e. The van der Waals surface area contributed by atoms with Gasteiger partial charge < -0.3 is 0 Å². The molecular weight excluding hydrogens is 199 g/mol. The zero-order chi connectivity index (χ0) is 11.4. The summed E-state index contributed by atoms with van der Waals surface area (Å²) in [6.45, 7) is 8.26. The maximum Gasteiger partial charge on any atom is 0.127 e. The van der Waals surface area contributed by atoms with Crippen molar-refractivity contribution in [2.24, 2.45) is 0 Å². The first-order valence-electron chi connectivity index (χ1n) is 5.86. The van der Waals surface area contributed by atoms with E-state index in [2.05, 4.69) is 19.9 Å². The summed E-state index contributed by atoms with van der Waals surface area (Å²) in [4.78, 5) is 0. The molecule has 0 bridgehead atoms. The van der Waals surface area contributed by atoms with Crippen LogP contribution in [0.15, 0.2) is 12.1 Å². The van der Waals surface area contributed by atoms with E-state index in [4.69, 9.17) is 0 Å². The normalized spacial score (nSPS) is 12.1. The van der Waals surface area contributed by atoms with Crippen LogP contribution in [0.1, 0.15) is 63.1 Å². The van der Waals surface area contributed by atoms with Crippen LogP contribution in [0.4, 0.5) is 4.39 Å². The third-order valence-corrected chi connectivity index (χ3v) is 3.02. The molecule has 0 unspecified atom stereocenters. The van der Waals surface area contributed by atoms with E-state index in [1.54, 1.807) is 6.07 Å². The second-order valence-corrected chi connectivity index (χ2v) is 4.37. The van der Waals surface area contributed by atoms with Crippen LogP contribution in [0.2, 0.25) is 0 Å². The highest BCUT2D eigenvalue weighted by molar-refractivity contribution is 5.34. The molecule has 1 rings (SSSR count). The van der Waals surface area contributed by atoms with Crippen LogP contribution in [0.5, 0.6) is 0 Å². The van der Waals surface area contributed by atoms with Gasteiger partial charge in [0.2, 0.25) is 0 Å². The van der Waals surface area contributed by atoms with E-state index < -0.39 is 0 Å². The van der Waals surface area contributed by atoms with E-state index in [0.717, 1.165) is 36.0 Å². The zero-order valence-electron chi connectivity index (χ0n) is 10.2. The van der Waals surface area contributed by atoms with Gasteiger partial charge in [0.1, 0.15) is 5.82 Å². The van der Waals surface area contributed by atoms with Gasteiger partial charge in [0.25, 0.3) is 0 Å². The fourth-order valence-corrected chi connectivity index (χ4v) is 2.34. The molecule has 1 heteroatoms. The Balaban J connectivity index is 0.00000225. The summed E-state index contributed by atoms with van der Waals surface area (Å²) in [5.41, 5.74) is 3.05. The molecule has 0 aromatic heterocycles. The maximum atomic E-state index is 13.9. The lowest BCUT2D eigenvalue weighted by atomic mass is 9.88. The molecule has 1 aromatic rings. The summed E-state index contributed by atoms with van der Waals surface area (Å²) < 4.78 is 13.9. The summed E-state index contributed by atoms with van der Waals surface area (Å²) in [5, 5.41) is 0. The molecule has 0 aliphatic rings. The molecule has 0 saturated carbocycles. The third kappa shape index (κ3) is 3.33. The molecule has 1 atom stereocenters. The van der Waals surface area contributed by atoms with Crippen molar-refractivity contribution in [3.05, 3.63) is 34.6 Å². The molecule has 0 N–H and O–H groups in total. The van der Waals surface area contributed by atoms with Gasteiger partial charge in [-0.15, -0.1) is 0 Å². The van der Waals surface area contributed by atoms with E-state index in [1.165, 1.54) is 0 Å². The molecule has 0 aliphatic heterocycles. The van der Waals surface area contributed by atoms with Crippen LogP contribution in [0.25, 0.3) is 0 Å². The van der Waals surface area contributed by atoms with Gasteiger partial charge in [-0.2, -0.15) is 0 Å². The van der Waals surface area contributed by atoms with E-state index in [0.29, 0.717) is 5.92 Å². The Bertz CT molecular complexity index is 305. The molecule has 0 aliphatic carbocycles. The Labute approximate surface area is 99.9 Å². The molecule has 0 nitrogen and oxygen atoms in total. The van der Waals surface area contributed by atoms with Crippen LogP contribution < -0.4 is 0 Å². The fraction of sp³-hybridized carbons (Fsp3) is 0.600. The Morgan fingerprint density at radius 2 is 1.81 bits per heavy atom. The van der Waals surface area contributed by atoms with Crippen molar-refractivity contribution in [1.29, 1.82) is 0 Å². The highest BCUT2D eigenvalue weighted by atomic mass is 19.1. The van der Waals surface area contributed by atoms with Gasteiger partial charge in [0.15, 0.2) is 0 Å². The predicted octanol–water partition coefficient (Wildman–Crippen LogP) is 5.37. The lowest BCUT2D eigenvalue weighted by Crippen LogP contribution is -2.03. The van der Waals surface area contributed by atoms with E-state index in [-0.39, 0.29) is 13.2 Å². The summed E-state index contributed by atoms with van der Waals surface area (Å²) in [7, 11) is 0. The first kappa shape index (κ1) is 15.2. The van der Waals surface area contributed by atoms with Gasteiger partial charge in [0.05, 0.1) is 0 Å². The van der Waals surface area contributed by atoms with Gasteiger partial charge in [-0.05, 0) is 55.4 Å². The van der Waals surface area contributed by atoms with Crippen LogP contribution in [-0.4, -0.2) is 0 Å². The smallest absolute Gasteiger partial charge is 0.127 e. The van der Waals surface area contributed by atoms with E-state index in [9.17, 15) is 4.39 Å². The molecular formula is C15H25F. The van der Waals surface area contributed by atoms with Crippen molar-refractivity contribution >= 4 is 0 Å². The Kier molecular flexibility index (Phi) is 6.32. The van der Waals surface area contributed by atoms with Gasteiger partial charge in [0, 0.05) is 0 Å². The van der Waals surface area contributed by atoms with Crippen molar-refractivity contribution in [2.45, 2.75) is 60.3 Å². The lowest BCUT2D eigenvalue weighted by molar-refractivity contribution is 0.535. The Morgan fingerprint density at radius 3 is 2.25 bits per heavy atom. The summed E-state index contributed by atoms with van der Waals surface area (Å²) >= 11 is 0. The quantitative estimate of drug-likeness (QED) is 0.644. The summed E-state index contributed by atoms with van der Waals surface area (Å²) in [5.74, 6) is 0.364. The van der Waals surface area contributed by atoms with Crippen molar-refractivity contribution in [3.63, 3.8) is 0 Å². The Hall–Kier alpha value is -0.850. The number of benzene rings is 1. The van der Waals surface area contributed by atoms with Gasteiger partial charge >= 0.3 is 0 Å². The van der Waals surface area contributed by atoms with Crippen molar-refractivity contribution in [3.8, 4) is 0 Å².